The fraction of sp³-hybridized carbons (Fsp3) is 0.455. The summed E-state index contributed by atoms with van der Waals surface area (Å²) in [6, 6.07) is 3.73. The van der Waals surface area contributed by atoms with Crippen molar-refractivity contribution in [1.82, 2.24) is 14.6 Å². The summed E-state index contributed by atoms with van der Waals surface area (Å²) in [5.74, 6) is 0.965. The standard InChI is InChI=1S/C11H16N4/c1-4-11(2,3)10-14-13-9-6-5-8(12)7-15(9)10/h5-7H,4,12H2,1-3H3. The van der Waals surface area contributed by atoms with E-state index in [1.165, 1.54) is 0 Å². The minimum atomic E-state index is 0.0210. The van der Waals surface area contributed by atoms with Gasteiger partial charge in [-0.25, -0.2) is 0 Å². The van der Waals surface area contributed by atoms with Crippen molar-refractivity contribution >= 4 is 11.3 Å². The monoisotopic (exact) mass is 204 g/mol. The first-order valence-electron chi connectivity index (χ1n) is 5.15. The van der Waals surface area contributed by atoms with Crippen molar-refractivity contribution in [2.45, 2.75) is 32.6 Å². The van der Waals surface area contributed by atoms with E-state index >= 15 is 0 Å². The molecule has 0 aliphatic rings. The predicted octanol–water partition coefficient (Wildman–Crippen LogP) is 2.00. The van der Waals surface area contributed by atoms with Crippen LogP contribution in [0.3, 0.4) is 0 Å². The van der Waals surface area contributed by atoms with Crippen LogP contribution in [0.1, 0.15) is 33.0 Å². The minimum Gasteiger partial charge on any atom is -0.398 e. The number of rotatable bonds is 2. The molecule has 0 amide bonds. The molecule has 0 saturated carbocycles. The van der Waals surface area contributed by atoms with Gasteiger partial charge in [0.25, 0.3) is 0 Å². The van der Waals surface area contributed by atoms with Gasteiger partial charge < -0.3 is 5.73 Å². The van der Waals surface area contributed by atoms with Gasteiger partial charge in [-0.3, -0.25) is 4.40 Å². The Bertz CT molecular complexity index is 484. The molecule has 2 rings (SSSR count). The third kappa shape index (κ3) is 1.56. The van der Waals surface area contributed by atoms with Crippen molar-refractivity contribution in [3.05, 3.63) is 24.2 Å². The molecule has 2 aromatic heterocycles. The van der Waals surface area contributed by atoms with Gasteiger partial charge in [-0.05, 0) is 18.6 Å². The summed E-state index contributed by atoms with van der Waals surface area (Å²) in [5, 5.41) is 8.37. The van der Waals surface area contributed by atoms with Gasteiger partial charge in [0.2, 0.25) is 0 Å². The van der Waals surface area contributed by atoms with Crippen LogP contribution in [0, 0.1) is 0 Å². The Morgan fingerprint density at radius 1 is 1.33 bits per heavy atom. The van der Waals surface area contributed by atoms with E-state index in [4.69, 9.17) is 5.73 Å². The molecular formula is C11H16N4. The van der Waals surface area contributed by atoms with E-state index in [2.05, 4.69) is 31.0 Å². The SMILES string of the molecule is CCC(C)(C)c1nnc2ccc(N)cn12. The summed E-state index contributed by atoms with van der Waals surface area (Å²) >= 11 is 0. The Balaban J connectivity index is 2.67. The molecule has 0 atom stereocenters. The van der Waals surface area contributed by atoms with E-state index in [0.717, 1.165) is 23.6 Å². The van der Waals surface area contributed by atoms with Crippen molar-refractivity contribution < 1.29 is 0 Å². The van der Waals surface area contributed by atoms with Crippen LogP contribution < -0.4 is 5.73 Å². The van der Waals surface area contributed by atoms with Crippen molar-refractivity contribution in [2.24, 2.45) is 0 Å². The maximum absolute atomic E-state index is 5.76. The summed E-state index contributed by atoms with van der Waals surface area (Å²) in [5.41, 5.74) is 7.36. The molecule has 0 aromatic carbocycles. The van der Waals surface area contributed by atoms with Crippen molar-refractivity contribution in [1.29, 1.82) is 0 Å². The molecule has 4 heteroatoms. The minimum absolute atomic E-state index is 0.0210. The largest absolute Gasteiger partial charge is 0.398 e. The zero-order valence-electron chi connectivity index (χ0n) is 9.36. The highest BCUT2D eigenvalue weighted by Gasteiger charge is 2.24. The first-order chi connectivity index (χ1) is 7.04. The molecule has 0 unspecified atom stereocenters. The molecule has 0 spiro atoms. The Morgan fingerprint density at radius 2 is 2.07 bits per heavy atom. The molecule has 2 heterocycles. The lowest BCUT2D eigenvalue weighted by Crippen LogP contribution is -2.19. The highest BCUT2D eigenvalue weighted by molar-refractivity contribution is 5.47. The summed E-state index contributed by atoms with van der Waals surface area (Å²) in [6.07, 6.45) is 2.89. The number of pyridine rings is 1. The molecule has 0 aliphatic heterocycles. The molecule has 0 fully saturated rings. The molecule has 2 aromatic rings. The molecule has 4 nitrogen and oxygen atoms in total. The Morgan fingerprint density at radius 3 is 2.73 bits per heavy atom. The topological polar surface area (TPSA) is 56.2 Å². The fourth-order valence-corrected chi connectivity index (χ4v) is 1.53. The molecule has 0 radical (unpaired) electrons. The number of fused-ring (bicyclic) bond motifs is 1. The van der Waals surface area contributed by atoms with Gasteiger partial charge in [-0.2, -0.15) is 0 Å². The number of anilines is 1. The molecule has 2 N–H and O–H groups in total. The van der Waals surface area contributed by atoms with Gasteiger partial charge in [0.1, 0.15) is 5.82 Å². The second-order valence-electron chi connectivity index (χ2n) is 4.45. The molecule has 0 aliphatic carbocycles. The molecule has 0 saturated heterocycles. The van der Waals surface area contributed by atoms with Crippen LogP contribution in [0.2, 0.25) is 0 Å². The zero-order valence-corrected chi connectivity index (χ0v) is 9.36. The van der Waals surface area contributed by atoms with Gasteiger partial charge in [0, 0.05) is 17.3 Å². The Kier molecular flexibility index (Phi) is 2.14. The number of nitrogen functional groups attached to an aromatic ring is 1. The maximum Gasteiger partial charge on any atom is 0.160 e. The second kappa shape index (κ2) is 3.22. The van der Waals surface area contributed by atoms with Crippen LogP contribution >= 0.6 is 0 Å². The number of nitrogens with zero attached hydrogens (tertiary/aromatic N) is 3. The van der Waals surface area contributed by atoms with E-state index in [0.29, 0.717) is 0 Å². The van der Waals surface area contributed by atoms with Crippen LogP contribution in [-0.4, -0.2) is 14.6 Å². The average Bonchev–Trinajstić information content (AvgIpc) is 2.61. The van der Waals surface area contributed by atoms with Crippen LogP contribution in [0.15, 0.2) is 18.3 Å². The van der Waals surface area contributed by atoms with E-state index < -0.39 is 0 Å². The van der Waals surface area contributed by atoms with Crippen LogP contribution in [-0.2, 0) is 5.41 Å². The van der Waals surface area contributed by atoms with Crippen molar-refractivity contribution in [3.8, 4) is 0 Å². The van der Waals surface area contributed by atoms with E-state index in [9.17, 15) is 0 Å². The van der Waals surface area contributed by atoms with Crippen LogP contribution in [0.4, 0.5) is 5.69 Å². The molecule has 15 heavy (non-hydrogen) atoms. The van der Waals surface area contributed by atoms with Gasteiger partial charge in [0.05, 0.1) is 0 Å². The first-order valence-corrected chi connectivity index (χ1v) is 5.15. The van der Waals surface area contributed by atoms with Crippen LogP contribution in [0.5, 0.6) is 0 Å². The summed E-state index contributed by atoms with van der Waals surface area (Å²) in [6.45, 7) is 6.46. The van der Waals surface area contributed by atoms with Crippen molar-refractivity contribution in [2.75, 3.05) is 5.73 Å². The van der Waals surface area contributed by atoms with E-state index in [-0.39, 0.29) is 5.41 Å². The second-order valence-corrected chi connectivity index (χ2v) is 4.45. The molecular weight excluding hydrogens is 188 g/mol. The number of hydrogen-bond donors (Lipinski definition) is 1. The summed E-state index contributed by atoms with van der Waals surface area (Å²) in [7, 11) is 0. The highest BCUT2D eigenvalue weighted by atomic mass is 15.3. The van der Waals surface area contributed by atoms with Gasteiger partial charge in [0.15, 0.2) is 5.65 Å². The predicted molar refractivity (Wildman–Crippen MR) is 60.7 cm³/mol. The number of nitrogens with two attached hydrogens (primary N) is 1. The molecule has 0 bridgehead atoms. The van der Waals surface area contributed by atoms with Gasteiger partial charge in [-0.1, -0.05) is 20.8 Å². The van der Waals surface area contributed by atoms with Crippen molar-refractivity contribution in [3.63, 3.8) is 0 Å². The smallest absolute Gasteiger partial charge is 0.160 e. The zero-order chi connectivity index (χ0) is 11.1. The lowest BCUT2D eigenvalue weighted by Gasteiger charge is -2.20. The lowest BCUT2D eigenvalue weighted by molar-refractivity contribution is 0.468. The maximum atomic E-state index is 5.76. The Hall–Kier alpha value is -1.58. The normalized spacial score (nSPS) is 12.2. The highest BCUT2D eigenvalue weighted by Crippen LogP contribution is 2.25. The van der Waals surface area contributed by atoms with E-state index in [1.54, 1.807) is 0 Å². The lowest BCUT2D eigenvalue weighted by atomic mass is 9.89. The van der Waals surface area contributed by atoms with Gasteiger partial charge >= 0.3 is 0 Å². The third-order valence-corrected chi connectivity index (χ3v) is 2.91. The van der Waals surface area contributed by atoms with Gasteiger partial charge in [-0.15, -0.1) is 10.2 Å². The number of hydrogen-bond acceptors (Lipinski definition) is 3. The first kappa shape index (κ1) is 9.96. The van der Waals surface area contributed by atoms with Crippen LogP contribution in [0.25, 0.3) is 5.65 Å². The molecule has 80 valence electrons. The fourth-order valence-electron chi connectivity index (χ4n) is 1.53. The number of aromatic nitrogens is 3. The average molecular weight is 204 g/mol. The quantitative estimate of drug-likeness (QED) is 0.814. The third-order valence-electron chi connectivity index (χ3n) is 2.91. The van der Waals surface area contributed by atoms with E-state index in [1.807, 2.05) is 22.7 Å². The summed E-state index contributed by atoms with van der Waals surface area (Å²) in [4.78, 5) is 0. The Labute approximate surface area is 89.1 Å². The summed E-state index contributed by atoms with van der Waals surface area (Å²) < 4.78 is 1.97.